The summed E-state index contributed by atoms with van der Waals surface area (Å²) < 4.78 is 2.12. The average Bonchev–Trinajstić information content (AvgIpc) is 3.64. The number of nitrogens with zero attached hydrogens (tertiary/aromatic N) is 3. The second-order valence-electron chi connectivity index (χ2n) is 11.4. The molecule has 9 nitrogen and oxygen atoms in total. The molecule has 9 heteroatoms. The quantitative estimate of drug-likeness (QED) is 0.350. The van der Waals surface area contributed by atoms with E-state index in [4.69, 9.17) is 5.73 Å². The summed E-state index contributed by atoms with van der Waals surface area (Å²) in [7, 11) is 0. The van der Waals surface area contributed by atoms with Crippen molar-refractivity contribution in [2.24, 2.45) is 11.7 Å². The second kappa shape index (κ2) is 13.0. The van der Waals surface area contributed by atoms with Crippen molar-refractivity contribution in [3.8, 4) is 0 Å². The summed E-state index contributed by atoms with van der Waals surface area (Å²) in [5.41, 5.74) is 11.3. The number of carbonyl (C=O) groups excluding carboxylic acids is 3. The Morgan fingerprint density at radius 2 is 1.73 bits per heavy atom. The molecular weight excluding hydrogens is 516 g/mol. The number of nitrogens with two attached hydrogens (primary N) is 1. The fraction of sp³-hybridized carbons (Fsp3) is 0.438. The highest BCUT2D eigenvalue weighted by molar-refractivity contribution is 5.88. The van der Waals surface area contributed by atoms with E-state index in [0.29, 0.717) is 44.9 Å². The van der Waals surface area contributed by atoms with Gasteiger partial charge in [-0.05, 0) is 41.5 Å². The minimum absolute atomic E-state index is 0.0332. The minimum atomic E-state index is -0.611. The first-order chi connectivity index (χ1) is 19.9. The van der Waals surface area contributed by atoms with Gasteiger partial charge < -0.3 is 25.8 Å². The molecule has 4 N–H and O–H groups in total. The normalized spacial score (nSPS) is 16.8. The third-order valence-corrected chi connectivity index (χ3v) is 8.51. The molecule has 1 aromatic heterocycles. The van der Waals surface area contributed by atoms with E-state index in [2.05, 4.69) is 39.2 Å². The highest BCUT2D eigenvalue weighted by atomic mass is 16.2. The third-order valence-electron chi connectivity index (χ3n) is 8.51. The second-order valence-corrected chi connectivity index (χ2v) is 11.4. The Morgan fingerprint density at radius 1 is 1.00 bits per heavy atom. The van der Waals surface area contributed by atoms with Crippen LogP contribution < -0.4 is 16.4 Å². The summed E-state index contributed by atoms with van der Waals surface area (Å²) in [6.45, 7) is 3.78. The van der Waals surface area contributed by atoms with Crippen LogP contribution in [0.25, 0.3) is 0 Å². The van der Waals surface area contributed by atoms with Gasteiger partial charge in [-0.2, -0.15) is 0 Å². The van der Waals surface area contributed by atoms with Gasteiger partial charge >= 0.3 is 6.03 Å². The lowest BCUT2D eigenvalue weighted by Gasteiger charge is -2.35. The number of fused-ring (bicyclic) bond motifs is 1. The number of urea groups is 1. The van der Waals surface area contributed by atoms with E-state index in [0.717, 1.165) is 28.9 Å². The first kappa shape index (κ1) is 28.4. The number of carbonyl (C=O) groups is 3. The molecule has 2 aromatic carbocycles. The zero-order valence-corrected chi connectivity index (χ0v) is 23.8. The molecule has 41 heavy (non-hydrogen) atoms. The molecule has 1 fully saturated rings. The maximum Gasteiger partial charge on any atom is 0.312 e. The molecule has 1 unspecified atom stereocenters. The fourth-order valence-corrected chi connectivity index (χ4v) is 6.09. The van der Waals surface area contributed by atoms with Crippen molar-refractivity contribution in [3.63, 3.8) is 0 Å². The van der Waals surface area contributed by atoms with Crippen LogP contribution in [0.3, 0.4) is 0 Å². The summed E-state index contributed by atoms with van der Waals surface area (Å²) >= 11 is 0. The fourth-order valence-electron chi connectivity index (χ4n) is 6.09. The Morgan fingerprint density at radius 3 is 2.46 bits per heavy atom. The molecule has 0 saturated heterocycles. The van der Waals surface area contributed by atoms with Crippen LogP contribution in [0.1, 0.15) is 72.2 Å². The molecule has 0 spiro atoms. The lowest BCUT2D eigenvalue weighted by atomic mass is 9.98. The molecule has 216 valence electrons. The number of aryl methyl sites for hydroxylation is 1. The number of benzene rings is 2. The van der Waals surface area contributed by atoms with Crippen LogP contribution in [0.2, 0.25) is 0 Å². The standard InChI is InChI=1S/C32H40N6O3/c1-22-7-2-5-12-26(22)19-37-21-36-27-16-28(38(20-29(27)37)30(39)14-13-23-8-3-4-9-23)31(40)34-17-24-10-6-11-25(15-24)18-35-32(33)41/h2,5-7,10-12,15,21,23,28H,3-4,8-9,13-14,16-20H2,1H3,(H,34,40)(H3,33,35,41). The average molecular weight is 557 g/mol. The smallest absolute Gasteiger partial charge is 0.312 e. The molecule has 1 atom stereocenters. The molecule has 0 radical (unpaired) electrons. The summed E-state index contributed by atoms with van der Waals surface area (Å²) in [4.78, 5) is 44.8. The van der Waals surface area contributed by atoms with E-state index in [1.807, 2.05) is 42.7 Å². The first-order valence-corrected chi connectivity index (χ1v) is 14.6. The van der Waals surface area contributed by atoms with Crippen molar-refractivity contribution in [1.82, 2.24) is 25.1 Å². The number of amides is 4. The van der Waals surface area contributed by atoms with Gasteiger partial charge in [0, 0.05) is 32.5 Å². The van der Waals surface area contributed by atoms with E-state index in [9.17, 15) is 14.4 Å². The number of aromatic nitrogens is 2. The predicted molar refractivity (Wildman–Crippen MR) is 156 cm³/mol. The van der Waals surface area contributed by atoms with Crippen LogP contribution in [0.4, 0.5) is 4.79 Å². The van der Waals surface area contributed by atoms with Crippen molar-refractivity contribution < 1.29 is 14.4 Å². The van der Waals surface area contributed by atoms with Gasteiger partial charge in [0.1, 0.15) is 6.04 Å². The molecular formula is C32H40N6O3. The van der Waals surface area contributed by atoms with Crippen molar-refractivity contribution in [3.05, 3.63) is 88.5 Å². The van der Waals surface area contributed by atoms with Crippen molar-refractivity contribution >= 4 is 17.8 Å². The molecule has 0 bridgehead atoms. The van der Waals surface area contributed by atoms with Crippen LogP contribution in [-0.2, 0) is 42.2 Å². The summed E-state index contributed by atoms with van der Waals surface area (Å²) in [5.74, 6) is 0.458. The maximum absolute atomic E-state index is 13.6. The number of imidazole rings is 1. The van der Waals surface area contributed by atoms with E-state index in [1.54, 1.807) is 4.90 Å². The molecule has 1 saturated carbocycles. The highest BCUT2D eigenvalue weighted by Gasteiger charge is 2.37. The van der Waals surface area contributed by atoms with Gasteiger partial charge in [0.25, 0.3) is 0 Å². The molecule has 4 amide bonds. The van der Waals surface area contributed by atoms with E-state index in [1.165, 1.54) is 36.8 Å². The van der Waals surface area contributed by atoms with Gasteiger partial charge in [0.05, 0.1) is 24.3 Å². The van der Waals surface area contributed by atoms with Gasteiger partial charge in [0.2, 0.25) is 11.8 Å². The zero-order chi connectivity index (χ0) is 28.8. The van der Waals surface area contributed by atoms with Crippen molar-refractivity contribution in [1.29, 1.82) is 0 Å². The predicted octanol–water partition coefficient (Wildman–Crippen LogP) is 3.95. The molecule has 3 aromatic rings. The summed E-state index contributed by atoms with van der Waals surface area (Å²) in [6, 6.07) is 14.7. The number of nitrogens with one attached hydrogen (secondary N) is 2. The summed E-state index contributed by atoms with van der Waals surface area (Å²) in [5, 5.41) is 5.63. The largest absolute Gasteiger partial charge is 0.352 e. The van der Waals surface area contributed by atoms with Crippen LogP contribution in [0.15, 0.2) is 54.9 Å². The topological polar surface area (TPSA) is 122 Å². The van der Waals surface area contributed by atoms with E-state index >= 15 is 0 Å². The van der Waals surface area contributed by atoms with E-state index in [-0.39, 0.29) is 11.8 Å². The SMILES string of the molecule is Cc1ccccc1Cn1cnc2c1CN(C(=O)CCC1CCCC1)C(C(=O)NCc1cccc(CNC(N)=O)c1)C2. The van der Waals surface area contributed by atoms with Crippen molar-refractivity contribution in [2.75, 3.05) is 0 Å². The molecule has 2 aliphatic rings. The molecule has 1 aliphatic carbocycles. The Balaban J connectivity index is 1.31. The Labute approximate surface area is 241 Å². The Hall–Kier alpha value is -4.14. The highest BCUT2D eigenvalue weighted by Crippen LogP contribution is 2.30. The number of rotatable bonds is 10. The van der Waals surface area contributed by atoms with Gasteiger partial charge in [-0.3, -0.25) is 9.59 Å². The van der Waals surface area contributed by atoms with Crippen LogP contribution in [0.5, 0.6) is 0 Å². The van der Waals surface area contributed by atoms with Gasteiger partial charge in [0.15, 0.2) is 0 Å². The molecule has 1 aliphatic heterocycles. The lowest BCUT2D eigenvalue weighted by molar-refractivity contribution is -0.142. The first-order valence-electron chi connectivity index (χ1n) is 14.6. The van der Waals surface area contributed by atoms with Crippen LogP contribution >= 0.6 is 0 Å². The third kappa shape index (κ3) is 7.14. The number of hydrogen-bond donors (Lipinski definition) is 3. The summed E-state index contributed by atoms with van der Waals surface area (Å²) in [6.07, 6.45) is 8.44. The zero-order valence-electron chi connectivity index (χ0n) is 23.8. The number of hydrogen-bond acceptors (Lipinski definition) is 4. The van der Waals surface area contributed by atoms with Crippen LogP contribution in [-0.4, -0.2) is 38.3 Å². The van der Waals surface area contributed by atoms with Gasteiger partial charge in [-0.1, -0.05) is 74.2 Å². The van der Waals surface area contributed by atoms with Gasteiger partial charge in [-0.15, -0.1) is 0 Å². The van der Waals surface area contributed by atoms with Gasteiger partial charge in [-0.25, -0.2) is 9.78 Å². The maximum atomic E-state index is 13.6. The van der Waals surface area contributed by atoms with Crippen molar-refractivity contribution in [2.45, 2.75) is 84.1 Å². The monoisotopic (exact) mass is 556 g/mol. The Kier molecular flexibility index (Phi) is 9.01. The minimum Gasteiger partial charge on any atom is -0.352 e. The molecule has 2 heterocycles. The Bertz CT molecular complexity index is 1390. The molecule has 5 rings (SSSR count). The van der Waals surface area contributed by atoms with E-state index < -0.39 is 12.1 Å². The lowest BCUT2D eigenvalue weighted by Crippen LogP contribution is -2.52. The number of primary amides is 1. The van der Waals surface area contributed by atoms with Crippen LogP contribution in [0, 0.1) is 12.8 Å².